The van der Waals surface area contributed by atoms with Crippen LogP contribution in [0.4, 0.5) is 0 Å². The van der Waals surface area contributed by atoms with Crippen LogP contribution >= 0.6 is 9.12 Å². The highest BCUT2D eigenvalue weighted by atomic mass is 31.0. The summed E-state index contributed by atoms with van der Waals surface area (Å²) in [4.78, 5) is 11.3. The Hall–Kier alpha value is -1.21. The number of hydrogen-bond donors (Lipinski definition) is 0. The lowest BCUT2D eigenvalue weighted by molar-refractivity contribution is -0.143. The molecule has 0 unspecified atom stereocenters. The first-order chi connectivity index (χ1) is 7.68. The van der Waals surface area contributed by atoms with E-state index in [1.165, 1.54) is 0 Å². The van der Waals surface area contributed by atoms with Crippen LogP contribution in [0.1, 0.15) is 19.4 Å². The first-order valence-electron chi connectivity index (χ1n) is 5.08. The van der Waals surface area contributed by atoms with Gasteiger partial charge >= 0.3 is 5.97 Å². The SMILES string of the molecule is CC(C)COC(=O)Cc1ccccc1.O=P. The molecule has 4 heteroatoms. The number of rotatable bonds is 4. The van der Waals surface area contributed by atoms with Gasteiger partial charge < -0.3 is 4.74 Å². The Labute approximate surface area is 98.4 Å². The second-order valence-electron chi connectivity index (χ2n) is 3.74. The maximum absolute atomic E-state index is 11.3. The van der Waals surface area contributed by atoms with Crippen LogP contribution < -0.4 is 0 Å². The summed E-state index contributed by atoms with van der Waals surface area (Å²) in [6.45, 7) is 4.55. The first kappa shape index (κ1) is 14.8. The van der Waals surface area contributed by atoms with Gasteiger partial charge in [0, 0.05) is 0 Å². The maximum Gasteiger partial charge on any atom is 0.310 e. The van der Waals surface area contributed by atoms with Gasteiger partial charge in [0.15, 0.2) is 0 Å². The molecule has 0 spiro atoms. The van der Waals surface area contributed by atoms with Crippen molar-refractivity contribution in [2.45, 2.75) is 20.3 Å². The fraction of sp³-hybridized carbons (Fsp3) is 0.417. The zero-order valence-corrected chi connectivity index (χ0v) is 10.6. The number of carbonyl (C=O) groups excluding carboxylic acids is 1. The topological polar surface area (TPSA) is 43.4 Å². The minimum absolute atomic E-state index is 0.148. The van der Waals surface area contributed by atoms with Crippen LogP contribution in [0, 0.1) is 5.92 Å². The molecule has 1 rings (SSSR count). The van der Waals surface area contributed by atoms with E-state index in [2.05, 4.69) is 0 Å². The van der Waals surface area contributed by atoms with Gasteiger partial charge in [0.2, 0.25) is 0 Å². The molecule has 1 aromatic carbocycles. The van der Waals surface area contributed by atoms with Crippen molar-refractivity contribution in [3.8, 4) is 0 Å². The molecule has 3 nitrogen and oxygen atoms in total. The largest absolute Gasteiger partial charge is 0.465 e. The van der Waals surface area contributed by atoms with Crippen LogP contribution in [0.25, 0.3) is 0 Å². The standard InChI is InChI=1S/C12H16O2.HOP/c1-10(2)9-14-12(13)8-11-6-4-3-5-7-11;1-2/h3-7,10H,8-9H2,1-2H3;2H. The third-order valence-electron chi connectivity index (χ3n) is 1.77. The molecule has 0 amide bonds. The van der Waals surface area contributed by atoms with Crippen LogP contribution in [0.15, 0.2) is 30.3 Å². The molecule has 0 atom stereocenters. The summed E-state index contributed by atoms with van der Waals surface area (Å²) in [6.07, 6.45) is 0.369. The highest BCUT2D eigenvalue weighted by molar-refractivity contribution is 7.00. The third-order valence-corrected chi connectivity index (χ3v) is 1.77. The molecule has 0 saturated carbocycles. The van der Waals surface area contributed by atoms with Crippen molar-refractivity contribution in [2.75, 3.05) is 6.61 Å². The van der Waals surface area contributed by atoms with Gasteiger partial charge in [0.1, 0.15) is 9.12 Å². The first-order valence-corrected chi connectivity index (χ1v) is 5.49. The Morgan fingerprint density at radius 1 is 1.25 bits per heavy atom. The molecule has 0 aliphatic heterocycles. The molecular weight excluding hydrogens is 223 g/mol. The van der Waals surface area contributed by atoms with Crippen molar-refractivity contribution in [3.63, 3.8) is 0 Å². The summed E-state index contributed by atoms with van der Waals surface area (Å²) >= 11 is 0. The Morgan fingerprint density at radius 2 is 1.81 bits per heavy atom. The summed E-state index contributed by atoms with van der Waals surface area (Å²) in [5, 5.41) is 0. The van der Waals surface area contributed by atoms with E-state index in [4.69, 9.17) is 9.30 Å². The van der Waals surface area contributed by atoms with Gasteiger partial charge in [0.25, 0.3) is 0 Å². The van der Waals surface area contributed by atoms with E-state index in [0.717, 1.165) is 5.56 Å². The summed E-state index contributed by atoms with van der Waals surface area (Å²) in [7, 11) is 1.72. The third kappa shape index (κ3) is 7.13. The predicted octanol–water partition coefficient (Wildman–Crippen LogP) is 2.90. The molecule has 0 saturated heterocycles. The van der Waals surface area contributed by atoms with Gasteiger partial charge in [-0.15, -0.1) is 0 Å². The fourth-order valence-electron chi connectivity index (χ4n) is 1.07. The quantitative estimate of drug-likeness (QED) is 0.600. The van der Waals surface area contributed by atoms with E-state index in [9.17, 15) is 4.79 Å². The lowest BCUT2D eigenvalue weighted by atomic mass is 10.1. The van der Waals surface area contributed by atoms with Crippen molar-refractivity contribution in [1.29, 1.82) is 0 Å². The Balaban J connectivity index is 0.00000106. The van der Waals surface area contributed by atoms with E-state index in [0.29, 0.717) is 18.9 Å². The van der Waals surface area contributed by atoms with E-state index in [1.54, 1.807) is 9.12 Å². The normalized spacial score (nSPS) is 9.19. The zero-order valence-electron chi connectivity index (χ0n) is 9.60. The molecule has 0 heterocycles. The summed E-state index contributed by atoms with van der Waals surface area (Å²) < 4.78 is 13.1. The van der Waals surface area contributed by atoms with Crippen LogP contribution in [0.5, 0.6) is 0 Å². The molecule has 0 N–H and O–H groups in total. The van der Waals surface area contributed by atoms with Crippen LogP contribution in [0.3, 0.4) is 0 Å². The van der Waals surface area contributed by atoms with Gasteiger partial charge in [-0.25, -0.2) is 0 Å². The van der Waals surface area contributed by atoms with Crippen molar-refractivity contribution >= 4 is 15.1 Å². The molecule has 0 aliphatic rings. The van der Waals surface area contributed by atoms with Crippen molar-refractivity contribution in [1.82, 2.24) is 0 Å². The van der Waals surface area contributed by atoms with E-state index in [-0.39, 0.29) is 5.97 Å². The van der Waals surface area contributed by atoms with Crippen molar-refractivity contribution in [3.05, 3.63) is 35.9 Å². The van der Waals surface area contributed by atoms with Crippen LogP contribution in [-0.2, 0) is 20.5 Å². The molecule has 0 aliphatic carbocycles. The van der Waals surface area contributed by atoms with E-state index in [1.807, 2.05) is 44.2 Å². The summed E-state index contributed by atoms with van der Waals surface area (Å²) in [5.41, 5.74) is 1.00. The maximum atomic E-state index is 11.3. The number of benzene rings is 1. The summed E-state index contributed by atoms with van der Waals surface area (Å²) in [6, 6.07) is 9.63. The van der Waals surface area contributed by atoms with Gasteiger partial charge in [-0.05, 0) is 11.5 Å². The fourth-order valence-corrected chi connectivity index (χ4v) is 1.07. The smallest absolute Gasteiger partial charge is 0.310 e. The van der Waals surface area contributed by atoms with Crippen LogP contribution in [-0.4, -0.2) is 12.6 Å². The molecule has 0 bridgehead atoms. The molecule has 0 radical (unpaired) electrons. The average Bonchev–Trinajstić information content (AvgIpc) is 2.30. The van der Waals surface area contributed by atoms with Gasteiger partial charge in [-0.1, -0.05) is 44.2 Å². The van der Waals surface area contributed by atoms with Gasteiger partial charge in [-0.3, -0.25) is 9.36 Å². The Kier molecular flexibility index (Phi) is 8.36. The van der Waals surface area contributed by atoms with Gasteiger partial charge in [-0.2, -0.15) is 0 Å². The van der Waals surface area contributed by atoms with E-state index < -0.39 is 0 Å². The minimum atomic E-state index is -0.148. The number of esters is 1. The van der Waals surface area contributed by atoms with Crippen molar-refractivity contribution < 1.29 is 14.1 Å². The number of ether oxygens (including phenoxy) is 1. The molecule has 1 aromatic rings. The second-order valence-corrected chi connectivity index (χ2v) is 3.74. The lowest BCUT2D eigenvalue weighted by Gasteiger charge is -2.06. The number of hydrogen-bond acceptors (Lipinski definition) is 3. The second kappa shape index (κ2) is 9.05. The highest BCUT2D eigenvalue weighted by Crippen LogP contribution is 2.02. The monoisotopic (exact) mass is 240 g/mol. The number of carbonyl (C=O) groups is 1. The highest BCUT2D eigenvalue weighted by Gasteiger charge is 2.04. The van der Waals surface area contributed by atoms with E-state index >= 15 is 0 Å². The minimum Gasteiger partial charge on any atom is -0.465 e. The van der Waals surface area contributed by atoms with Gasteiger partial charge in [0.05, 0.1) is 13.0 Å². The molecule has 0 aromatic heterocycles. The Morgan fingerprint density at radius 3 is 2.31 bits per heavy atom. The molecule has 88 valence electrons. The average molecular weight is 240 g/mol. The van der Waals surface area contributed by atoms with Crippen molar-refractivity contribution in [2.24, 2.45) is 5.92 Å². The molecular formula is C12H17O3P. The Bertz CT molecular complexity index is 298. The lowest BCUT2D eigenvalue weighted by Crippen LogP contribution is -2.12. The zero-order chi connectivity index (χ0) is 12.4. The molecule has 16 heavy (non-hydrogen) atoms. The predicted molar refractivity (Wildman–Crippen MR) is 64.9 cm³/mol. The summed E-state index contributed by atoms with van der Waals surface area (Å²) in [5.74, 6) is 0.250. The van der Waals surface area contributed by atoms with Crippen LogP contribution in [0.2, 0.25) is 0 Å². The molecule has 0 fully saturated rings.